The minimum atomic E-state index is -0.0363. The van der Waals surface area contributed by atoms with Gasteiger partial charge in [-0.25, -0.2) is 0 Å². The Labute approximate surface area is 240 Å². The molecule has 0 radical (unpaired) electrons. The lowest BCUT2D eigenvalue weighted by molar-refractivity contribution is 0.760. The Morgan fingerprint density at radius 2 is 0.875 bits per heavy atom. The monoisotopic (exact) mass is 576 g/mol. The van der Waals surface area contributed by atoms with Gasteiger partial charge in [-0.05, 0) is 47.5 Å². The van der Waals surface area contributed by atoms with Crippen LogP contribution in [-0.2, 0) is 0 Å². The third-order valence-corrected chi connectivity index (χ3v) is 5.47. The number of nitriles is 4. The molecule has 0 unspecified atom stereocenters. The smallest absolute Gasteiger partial charge is 0.233 e. The molecule has 2 heterocycles. The Balaban J connectivity index is 1.74. The van der Waals surface area contributed by atoms with E-state index in [4.69, 9.17) is 44.2 Å². The van der Waals surface area contributed by atoms with Crippen LogP contribution in [0.5, 0.6) is 0 Å². The highest BCUT2D eigenvalue weighted by Crippen LogP contribution is 2.22. The SMILES string of the molecule is N#CCCN(CCC#N)c1nc(Cl)nc(Nc2ccc(Nc3nc(Cl)nc(N(CCC#N)CCC#N)n3)cc2)n1. The number of hydrogen-bond donors (Lipinski definition) is 2. The van der Waals surface area contributed by atoms with E-state index in [2.05, 4.69) is 64.8 Å². The molecule has 0 saturated carbocycles. The molecule has 2 N–H and O–H groups in total. The van der Waals surface area contributed by atoms with E-state index < -0.39 is 0 Å². The van der Waals surface area contributed by atoms with E-state index in [1.54, 1.807) is 34.1 Å². The zero-order chi connectivity index (χ0) is 28.7. The second kappa shape index (κ2) is 15.4. The predicted molar refractivity (Wildman–Crippen MR) is 148 cm³/mol. The summed E-state index contributed by atoms with van der Waals surface area (Å²) in [5.41, 5.74) is 1.29. The average molecular weight is 577 g/mol. The molecule has 0 atom stereocenters. The van der Waals surface area contributed by atoms with Crippen LogP contribution in [0.4, 0.5) is 35.2 Å². The van der Waals surface area contributed by atoms with Crippen molar-refractivity contribution >= 4 is 58.4 Å². The molecule has 0 aliphatic heterocycles. The van der Waals surface area contributed by atoms with Crippen molar-refractivity contribution < 1.29 is 0 Å². The average Bonchev–Trinajstić information content (AvgIpc) is 2.93. The van der Waals surface area contributed by atoms with Gasteiger partial charge in [-0.15, -0.1) is 0 Å². The Bertz CT molecular complexity index is 1310. The van der Waals surface area contributed by atoms with Crippen molar-refractivity contribution in [3.8, 4) is 24.3 Å². The molecule has 202 valence electrons. The van der Waals surface area contributed by atoms with E-state index in [9.17, 15) is 0 Å². The summed E-state index contributed by atoms with van der Waals surface area (Å²) in [6, 6.07) is 15.3. The second-order valence-electron chi connectivity index (χ2n) is 7.89. The van der Waals surface area contributed by atoms with Crippen molar-refractivity contribution in [3.63, 3.8) is 0 Å². The van der Waals surface area contributed by atoms with Gasteiger partial charge in [0.1, 0.15) is 0 Å². The lowest BCUT2D eigenvalue weighted by atomic mass is 10.3. The highest BCUT2D eigenvalue weighted by Gasteiger charge is 2.15. The summed E-state index contributed by atoms with van der Waals surface area (Å²) in [6.07, 6.45) is 0.935. The first-order valence-corrected chi connectivity index (χ1v) is 12.7. The van der Waals surface area contributed by atoms with Crippen molar-refractivity contribution in [3.05, 3.63) is 34.8 Å². The summed E-state index contributed by atoms with van der Waals surface area (Å²) in [5, 5.41) is 41.8. The van der Waals surface area contributed by atoms with Crippen LogP contribution in [0.3, 0.4) is 0 Å². The van der Waals surface area contributed by atoms with Crippen molar-refractivity contribution in [1.82, 2.24) is 29.9 Å². The van der Waals surface area contributed by atoms with Gasteiger partial charge >= 0.3 is 0 Å². The van der Waals surface area contributed by atoms with E-state index in [0.29, 0.717) is 37.6 Å². The van der Waals surface area contributed by atoms with Crippen LogP contribution in [0.2, 0.25) is 10.6 Å². The summed E-state index contributed by atoms with van der Waals surface area (Å²) in [7, 11) is 0. The van der Waals surface area contributed by atoms with Gasteiger partial charge < -0.3 is 20.4 Å². The molecule has 3 rings (SSSR count). The molecule has 0 bridgehead atoms. The molecule has 3 aromatic rings. The minimum absolute atomic E-state index is 0.0363. The molecule has 2 aromatic heterocycles. The fourth-order valence-electron chi connectivity index (χ4n) is 3.33. The molecule has 0 amide bonds. The largest absolute Gasteiger partial charge is 0.339 e. The first-order chi connectivity index (χ1) is 19.4. The Morgan fingerprint density at radius 1 is 0.550 bits per heavy atom. The fourth-order valence-corrected chi connectivity index (χ4v) is 3.64. The zero-order valence-corrected chi connectivity index (χ0v) is 22.6. The predicted octanol–water partition coefficient (Wildman–Crippen LogP) is 4.12. The van der Waals surface area contributed by atoms with Gasteiger partial charge in [0.25, 0.3) is 0 Å². The molecule has 0 fully saturated rings. The van der Waals surface area contributed by atoms with Crippen LogP contribution >= 0.6 is 23.2 Å². The van der Waals surface area contributed by atoms with E-state index in [0.717, 1.165) is 0 Å². The fraction of sp³-hybridized carbons (Fsp3) is 0.333. The van der Waals surface area contributed by atoms with Gasteiger partial charge in [0.2, 0.25) is 34.4 Å². The number of anilines is 6. The standard InChI is InChI=1S/C24H22Cl2N14/c25-19-33-21(37-23(35-19)39(13-1-9-27)14-2-10-28)31-17-5-7-18(8-6-17)32-22-34-20(26)36-24(38-22)40(15-3-11-29)16-4-12-30/h5-8H,1-4,13-16H2,(H,31,33,35,37)(H,32,34,36,38). The topological polar surface area (TPSA) is 203 Å². The number of benzene rings is 1. The lowest BCUT2D eigenvalue weighted by Gasteiger charge is -2.20. The van der Waals surface area contributed by atoms with E-state index in [1.165, 1.54) is 0 Å². The van der Waals surface area contributed by atoms with E-state index in [-0.39, 0.29) is 60.0 Å². The second-order valence-corrected chi connectivity index (χ2v) is 8.57. The van der Waals surface area contributed by atoms with Crippen molar-refractivity contribution in [1.29, 1.82) is 21.0 Å². The molecular formula is C24H22Cl2N14. The third-order valence-electron chi connectivity index (χ3n) is 5.13. The molecular weight excluding hydrogens is 555 g/mol. The molecule has 0 saturated heterocycles. The Morgan fingerprint density at radius 3 is 1.18 bits per heavy atom. The van der Waals surface area contributed by atoms with E-state index in [1.807, 2.05) is 0 Å². The van der Waals surface area contributed by atoms with Crippen molar-refractivity contribution in [2.45, 2.75) is 25.7 Å². The summed E-state index contributed by atoms with van der Waals surface area (Å²) in [5.74, 6) is 0.900. The molecule has 16 heteroatoms. The van der Waals surface area contributed by atoms with Gasteiger partial charge in [0.05, 0.1) is 50.0 Å². The normalized spacial score (nSPS) is 9.95. The van der Waals surface area contributed by atoms with Crippen LogP contribution in [0.1, 0.15) is 25.7 Å². The number of halogens is 2. The van der Waals surface area contributed by atoms with Gasteiger partial charge in [-0.1, -0.05) is 0 Å². The van der Waals surface area contributed by atoms with Gasteiger partial charge in [0.15, 0.2) is 0 Å². The first-order valence-electron chi connectivity index (χ1n) is 11.9. The summed E-state index contributed by atoms with van der Waals surface area (Å²) < 4.78 is 0. The molecule has 0 aliphatic rings. The highest BCUT2D eigenvalue weighted by atomic mass is 35.5. The highest BCUT2D eigenvalue weighted by molar-refractivity contribution is 6.28. The molecule has 14 nitrogen and oxygen atoms in total. The van der Waals surface area contributed by atoms with Gasteiger partial charge in [-0.2, -0.15) is 51.0 Å². The number of aromatic nitrogens is 6. The molecule has 1 aromatic carbocycles. The van der Waals surface area contributed by atoms with Crippen molar-refractivity contribution in [2.75, 3.05) is 46.6 Å². The van der Waals surface area contributed by atoms with Gasteiger partial charge in [-0.3, -0.25) is 0 Å². The third kappa shape index (κ3) is 9.07. The van der Waals surface area contributed by atoms with Crippen LogP contribution in [0.25, 0.3) is 0 Å². The van der Waals surface area contributed by atoms with Crippen LogP contribution in [0, 0.1) is 45.3 Å². The maximum absolute atomic E-state index is 8.94. The van der Waals surface area contributed by atoms with Crippen LogP contribution < -0.4 is 20.4 Å². The Hall–Kier alpha value is -5.02. The van der Waals surface area contributed by atoms with Crippen LogP contribution in [0.15, 0.2) is 24.3 Å². The van der Waals surface area contributed by atoms with Gasteiger partial charge in [0, 0.05) is 37.6 Å². The number of hydrogen-bond acceptors (Lipinski definition) is 14. The molecule has 0 spiro atoms. The lowest BCUT2D eigenvalue weighted by Crippen LogP contribution is -2.27. The summed E-state index contributed by atoms with van der Waals surface area (Å²) in [6.45, 7) is 1.37. The first kappa shape index (κ1) is 29.5. The zero-order valence-electron chi connectivity index (χ0n) is 21.1. The number of nitrogens with zero attached hydrogens (tertiary/aromatic N) is 12. The molecule has 0 aliphatic carbocycles. The number of rotatable bonds is 14. The quantitative estimate of drug-likeness (QED) is 0.277. The van der Waals surface area contributed by atoms with E-state index >= 15 is 0 Å². The van der Waals surface area contributed by atoms with Crippen LogP contribution in [-0.4, -0.2) is 56.1 Å². The minimum Gasteiger partial charge on any atom is -0.339 e. The Kier molecular flexibility index (Phi) is 11.4. The molecule has 40 heavy (non-hydrogen) atoms. The maximum Gasteiger partial charge on any atom is 0.233 e. The summed E-state index contributed by atoms with van der Waals surface area (Å²) in [4.78, 5) is 28.7. The summed E-state index contributed by atoms with van der Waals surface area (Å²) >= 11 is 12.2. The van der Waals surface area contributed by atoms with Crippen molar-refractivity contribution in [2.24, 2.45) is 0 Å². The number of nitrogens with one attached hydrogen (secondary N) is 2. The maximum atomic E-state index is 8.94.